The number of nitrogens with one attached hydrogen (secondary N) is 4. The molecule has 4 N–H and O–H groups in total. The normalized spacial score (nSPS) is 14.3. The molecule has 260 valence electrons. The van der Waals surface area contributed by atoms with Crippen molar-refractivity contribution in [3.05, 3.63) is 0 Å². The van der Waals surface area contributed by atoms with Crippen molar-refractivity contribution in [3.8, 4) is 0 Å². The van der Waals surface area contributed by atoms with Crippen LogP contribution in [0.2, 0.25) is 0 Å². The topological polar surface area (TPSA) is 164 Å². The molecule has 2 amide bonds. The van der Waals surface area contributed by atoms with E-state index in [4.69, 9.17) is 33.5 Å². The quantitative estimate of drug-likeness (QED) is 0.0170. The Labute approximate surface area is 275 Å². The van der Waals surface area contributed by atoms with Gasteiger partial charge in [0, 0.05) is 39.9 Å². The Kier molecular flexibility index (Phi) is 28.6. The zero-order chi connectivity index (χ0) is 33.2. The first-order valence-electron chi connectivity index (χ1n) is 14.4. The SMILES string of the molecule is COOC[C@H](CCCC(OC)OC)NC(=O)C(CCSSCCC(NP)C(=O)N[C@H](CCCC(OC)OC)C(=O)OC)NP. The fourth-order valence-corrected chi connectivity index (χ4v) is 6.85. The minimum atomic E-state index is -0.763. The Bertz CT molecular complexity index is 762. The lowest BCUT2D eigenvalue weighted by Gasteiger charge is -2.23. The molecular weight excluding hydrogens is 654 g/mol. The van der Waals surface area contributed by atoms with Crippen LogP contribution in [0.5, 0.6) is 0 Å². The van der Waals surface area contributed by atoms with Crippen LogP contribution in [0.3, 0.4) is 0 Å². The molecular formula is C26H54N4O10P2S2. The van der Waals surface area contributed by atoms with E-state index in [0.29, 0.717) is 56.5 Å². The molecule has 0 bridgehead atoms. The second-order valence-electron chi connectivity index (χ2n) is 9.56. The molecule has 0 aliphatic rings. The van der Waals surface area contributed by atoms with Gasteiger partial charge in [-0.25, -0.2) is 14.6 Å². The number of amides is 2. The zero-order valence-electron chi connectivity index (χ0n) is 26.8. The Morgan fingerprint density at radius 2 is 1.11 bits per heavy atom. The number of carbonyl (C=O) groups excluding carboxylic acids is 3. The number of carbonyl (C=O) groups is 3. The van der Waals surface area contributed by atoms with E-state index in [1.165, 1.54) is 14.2 Å². The standard InChI is InChI=1S/C26H54N4O10P2S2/c1-34-22(35-2)11-7-9-18(17-40-39-6)27-24(31)19(29-41)13-15-43-44-16-14-20(30-42)25(32)28-21(26(33)38-5)10-8-12-23(36-3)37-4/h18-23,29-30H,7-17,41-42H2,1-6H3,(H,27,31)(H,28,32)/t18-,19?,20?,21+/m0/s1. The smallest absolute Gasteiger partial charge is 0.328 e. The van der Waals surface area contributed by atoms with Crippen molar-refractivity contribution in [2.45, 2.75) is 88.1 Å². The third-order valence-corrected chi connectivity index (χ3v) is 9.89. The van der Waals surface area contributed by atoms with Gasteiger partial charge in [0.25, 0.3) is 0 Å². The minimum Gasteiger partial charge on any atom is -0.467 e. The number of hydrogen-bond acceptors (Lipinski definition) is 14. The third kappa shape index (κ3) is 20.0. The lowest BCUT2D eigenvalue weighted by atomic mass is 10.1. The Balaban J connectivity index is 4.62. The van der Waals surface area contributed by atoms with Crippen LogP contribution >= 0.6 is 40.4 Å². The average molecular weight is 709 g/mol. The number of ether oxygens (including phenoxy) is 5. The van der Waals surface area contributed by atoms with Crippen molar-refractivity contribution in [1.82, 2.24) is 20.8 Å². The van der Waals surface area contributed by atoms with Crippen LogP contribution in [-0.2, 0) is 47.8 Å². The van der Waals surface area contributed by atoms with Crippen LogP contribution in [0.4, 0.5) is 0 Å². The van der Waals surface area contributed by atoms with E-state index in [2.05, 4.69) is 39.6 Å². The first kappa shape index (κ1) is 43.6. The van der Waals surface area contributed by atoms with E-state index in [9.17, 15) is 14.4 Å². The summed E-state index contributed by atoms with van der Waals surface area (Å²) in [5.74, 6) is 0.483. The van der Waals surface area contributed by atoms with Gasteiger partial charge < -0.3 is 34.3 Å². The molecule has 0 rings (SSSR count). The van der Waals surface area contributed by atoms with Crippen molar-refractivity contribution in [1.29, 1.82) is 0 Å². The van der Waals surface area contributed by atoms with E-state index in [1.807, 2.05) is 0 Å². The summed E-state index contributed by atoms with van der Waals surface area (Å²) < 4.78 is 25.7. The number of hydrogen-bond donors (Lipinski definition) is 4. The molecule has 6 atom stereocenters. The van der Waals surface area contributed by atoms with Crippen LogP contribution in [0.15, 0.2) is 0 Å². The van der Waals surface area contributed by atoms with Crippen LogP contribution in [0, 0.1) is 0 Å². The number of esters is 1. The molecule has 4 unspecified atom stereocenters. The van der Waals surface area contributed by atoms with E-state index < -0.39 is 24.1 Å². The second-order valence-corrected chi connectivity index (χ2v) is 12.9. The summed E-state index contributed by atoms with van der Waals surface area (Å²) in [6, 6.07) is -1.91. The largest absolute Gasteiger partial charge is 0.467 e. The van der Waals surface area contributed by atoms with Gasteiger partial charge in [-0.1, -0.05) is 40.4 Å². The van der Waals surface area contributed by atoms with E-state index in [0.717, 1.165) is 6.42 Å². The molecule has 0 aromatic heterocycles. The molecule has 0 aromatic carbocycles. The molecule has 0 radical (unpaired) electrons. The van der Waals surface area contributed by atoms with Gasteiger partial charge in [-0.15, -0.1) is 0 Å². The van der Waals surface area contributed by atoms with Gasteiger partial charge in [0.1, 0.15) is 12.6 Å². The van der Waals surface area contributed by atoms with E-state index >= 15 is 0 Å². The van der Waals surface area contributed by atoms with Crippen molar-refractivity contribution >= 4 is 58.2 Å². The fourth-order valence-electron chi connectivity index (χ4n) is 4.03. The van der Waals surface area contributed by atoms with Gasteiger partial charge in [-0.05, 0) is 51.4 Å². The molecule has 0 spiro atoms. The molecule has 0 aromatic rings. The first-order valence-corrected chi connectivity index (χ1v) is 18.0. The molecule has 14 nitrogen and oxygen atoms in total. The highest BCUT2D eigenvalue weighted by atomic mass is 33.1. The van der Waals surface area contributed by atoms with Crippen LogP contribution in [0.1, 0.15) is 51.4 Å². The molecule has 0 aliphatic carbocycles. The van der Waals surface area contributed by atoms with Crippen molar-refractivity contribution in [2.75, 3.05) is 60.8 Å². The maximum Gasteiger partial charge on any atom is 0.328 e. The zero-order valence-corrected chi connectivity index (χ0v) is 30.7. The fraction of sp³-hybridized carbons (Fsp3) is 0.885. The first-order chi connectivity index (χ1) is 21.2. The Morgan fingerprint density at radius 3 is 1.55 bits per heavy atom. The summed E-state index contributed by atoms with van der Waals surface area (Å²) in [7, 11) is 17.0. The summed E-state index contributed by atoms with van der Waals surface area (Å²) >= 11 is 0. The highest BCUT2D eigenvalue weighted by Crippen LogP contribution is 2.24. The van der Waals surface area contributed by atoms with Gasteiger partial charge >= 0.3 is 5.97 Å². The molecule has 0 aliphatic heterocycles. The van der Waals surface area contributed by atoms with Crippen molar-refractivity contribution < 1.29 is 47.8 Å². The summed E-state index contributed by atoms with van der Waals surface area (Å²) in [6.07, 6.45) is 4.19. The number of methoxy groups -OCH3 is 5. The van der Waals surface area contributed by atoms with Gasteiger partial charge in [0.05, 0.1) is 32.3 Å². The van der Waals surface area contributed by atoms with Crippen molar-refractivity contribution in [3.63, 3.8) is 0 Å². The predicted molar refractivity (Wildman–Crippen MR) is 180 cm³/mol. The molecule has 0 saturated carbocycles. The maximum absolute atomic E-state index is 12.9. The molecule has 0 saturated heterocycles. The summed E-state index contributed by atoms with van der Waals surface area (Å²) in [5, 5.41) is 11.8. The van der Waals surface area contributed by atoms with E-state index in [-0.39, 0.29) is 37.0 Å². The van der Waals surface area contributed by atoms with Gasteiger partial charge in [-0.2, -0.15) is 0 Å². The van der Waals surface area contributed by atoms with Gasteiger partial charge in [0.2, 0.25) is 11.8 Å². The number of rotatable bonds is 29. The van der Waals surface area contributed by atoms with Crippen LogP contribution < -0.4 is 20.8 Å². The second kappa shape index (κ2) is 28.8. The predicted octanol–water partition coefficient (Wildman–Crippen LogP) is 1.94. The van der Waals surface area contributed by atoms with Gasteiger partial charge in [0.15, 0.2) is 12.6 Å². The van der Waals surface area contributed by atoms with Crippen LogP contribution in [-0.4, -0.2) is 115 Å². The third-order valence-electron chi connectivity index (χ3n) is 6.61. The van der Waals surface area contributed by atoms with E-state index in [1.54, 1.807) is 50.0 Å². The molecule has 18 heteroatoms. The Morgan fingerprint density at radius 1 is 0.636 bits per heavy atom. The monoisotopic (exact) mass is 708 g/mol. The lowest BCUT2D eigenvalue weighted by Crippen LogP contribution is -2.48. The minimum absolute atomic E-state index is 0.130. The highest BCUT2D eigenvalue weighted by molar-refractivity contribution is 8.76. The maximum atomic E-state index is 12.9. The Hall–Kier alpha value is -0.350. The van der Waals surface area contributed by atoms with Crippen LogP contribution in [0.25, 0.3) is 0 Å². The van der Waals surface area contributed by atoms with Crippen molar-refractivity contribution in [2.24, 2.45) is 0 Å². The highest BCUT2D eigenvalue weighted by Gasteiger charge is 2.26. The molecule has 0 fully saturated rings. The molecule has 0 heterocycles. The van der Waals surface area contributed by atoms with Gasteiger partial charge in [-0.3, -0.25) is 19.8 Å². The summed E-state index contributed by atoms with van der Waals surface area (Å²) in [5.41, 5.74) is 0. The average Bonchev–Trinajstić information content (AvgIpc) is 3.04. The summed E-state index contributed by atoms with van der Waals surface area (Å²) in [6.45, 7) is 0.224. The summed E-state index contributed by atoms with van der Waals surface area (Å²) in [4.78, 5) is 47.9. The lowest BCUT2D eigenvalue weighted by molar-refractivity contribution is -0.276. The molecule has 44 heavy (non-hydrogen) atoms.